The van der Waals surface area contributed by atoms with E-state index < -0.39 is 0 Å². The normalized spacial score (nSPS) is 20.7. The lowest BCUT2D eigenvalue weighted by Crippen LogP contribution is -2.23. The summed E-state index contributed by atoms with van der Waals surface area (Å²) in [7, 11) is 2.13. The molecule has 1 unspecified atom stereocenters. The highest BCUT2D eigenvalue weighted by Gasteiger charge is 2.19. The largest absolute Gasteiger partial charge is 0.380 e. The molecule has 4 heteroatoms. The first kappa shape index (κ1) is 11.4. The maximum Gasteiger partial charge on any atom is 0.0992 e. The molecule has 1 aliphatic heterocycles. The molecule has 16 heavy (non-hydrogen) atoms. The van der Waals surface area contributed by atoms with Crippen LogP contribution in [0.1, 0.15) is 12.0 Å². The van der Waals surface area contributed by atoms with Gasteiger partial charge in [0.05, 0.1) is 11.6 Å². The maximum atomic E-state index is 8.77. The number of nitrogens with zero attached hydrogens (tertiary/aromatic N) is 2. The Hall–Kier alpha value is -1.05. The Kier molecular flexibility index (Phi) is 3.47. The first-order valence-electron chi connectivity index (χ1n) is 5.34. The molecule has 0 aliphatic carbocycles. The van der Waals surface area contributed by atoms with Gasteiger partial charge in [0.15, 0.2) is 0 Å². The van der Waals surface area contributed by atoms with Gasteiger partial charge in [-0.1, -0.05) is 0 Å². The molecule has 0 spiro atoms. The highest BCUT2D eigenvalue weighted by atomic mass is 79.9. The van der Waals surface area contributed by atoms with Crippen molar-refractivity contribution >= 4 is 21.6 Å². The minimum atomic E-state index is 0.509. The summed E-state index contributed by atoms with van der Waals surface area (Å²) in [5.41, 5.74) is 1.75. The summed E-state index contributed by atoms with van der Waals surface area (Å²) in [6.07, 6.45) is 1.17. The lowest BCUT2D eigenvalue weighted by atomic mass is 10.2. The quantitative estimate of drug-likeness (QED) is 0.904. The highest BCUT2D eigenvalue weighted by molar-refractivity contribution is 9.10. The number of benzene rings is 1. The Morgan fingerprint density at radius 2 is 2.38 bits per heavy atom. The van der Waals surface area contributed by atoms with Gasteiger partial charge in [0, 0.05) is 22.7 Å². The zero-order valence-electron chi connectivity index (χ0n) is 9.20. The molecule has 0 saturated carbocycles. The number of hydrogen-bond acceptors (Lipinski definition) is 3. The maximum absolute atomic E-state index is 8.77. The minimum absolute atomic E-state index is 0.509. The van der Waals surface area contributed by atoms with Crippen LogP contribution < -0.4 is 5.32 Å². The number of nitrogens with one attached hydrogen (secondary N) is 1. The lowest BCUT2D eigenvalue weighted by molar-refractivity contribution is 0.414. The van der Waals surface area contributed by atoms with E-state index in [0.29, 0.717) is 11.6 Å². The van der Waals surface area contributed by atoms with Gasteiger partial charge in [0.1, 0.15) is 0 Å². The van der Waals surface area contributed by atoms with Crippen LogP contribution in [0.2, 0.25) is 0 Å². The Morgan fingerprint density at radius 1 is 1.56 bits per heavy atom. The summed E-state index contributed by atoms with van der Waals surface area (Å²) >= 11 is 3.48. The molecule has 1 aliphatic rings. The van der Waals surface area contributed by atoms with Crippen LogP contribution in [0.15, 0.2) is 22.7 Å². The van der Waals surface area contributed by atoms with E-state index in [1.807, 2.05) is 18.2 Å². The monoisotopic (exact) mass is 279 g/mol. The van der Waals surface area contributed by atoms with Gasteiger partial charge in [-0.3, -0.25) is 0 Å². The van der Waals surface area contributed by atoms with Crippen molar-refractivity contribution in [2.24, 2.45) is 0 Å². The predicted molar refractivity (Wildman–Crippen MR) is 68.4 cm³/mol. The predicted octanol–water partition coefficient (Wildman–Crippen LogP) is 2.44. The van der Waals surface area contributed by atoms with Crippen LogP contribution in [0.3, 0.4) is 0 Å². The van der Waals surface area contributed by atoms with Gasteiger partial charge in [-0.2, -0.15) is 5.26 Å². The second-order valence-corrected chi connectivity index (χ2v) is 5.05. The van der Waals surface area contributed by atoms with Gasteiger partial charge in [0.2, 0.25) is 0 Å². The van der Waals surface area contributed by atoms with Gasteiger partial charge in [0.25, 0.3) is 0 Å². The Morgan fingerprint density at radius 3 is 2.94 bits per heavy atom. The van der Waals surface area contributed by atoms with E-state index in [2.05, 4.69) is 39.3 Å². The van der Waals surface area contributed by atoms with Crippen LogP contribution in [0.4, 0.5) is 5.69 Å². The number of hydrogen-bond donors (Lipinski definition) is 1. The number of anilines is 1. The molecule has 1 atom stereocenters. The lowest BCUT2D eigenvalue weighted by Gasteiger charge is -2.15. The average molecular weight is 280 g/mol. The summed E-state index contributed by atoms with van der Waals surface area (Å²) in [4.78, 5) is 2.31. The zero-order valence-corrected chi connectivity index (χ0v) is 10.8. The summed E-state index contributed by atoms with van der Waals surface area (Å²) < 4.78 is 0.959. The molecule has 1 heterocycles. The topological polar surface area (TPSA) is 39.1 Å². The SMILES string of the molecule is CN1CCC(Nc2ccc(C#N)cc2Br)C1. The Balaban J connectivity index is 2.08. The van der Waals surface area contributed by atoms with E-state index in [-0.39, 0.29) is 0 Å². The number of likely N-dealkylation sites (tertiary alicyclic amines) is 1. The van der Waals surface area contributed by atoms with Gasteiger partial charge in [-0.25, -0.2) is 0 Å². The molecule has 1 fully saturated rings. The van der Waals surface area contributed by atoms with E-state index in [1.165, 1.54) is 6.42 Å². The number of halogens is 1. The molecule has 0 bridgehead atoms. The smallest absolute Gasteiger partial charge is 0.0992 e. The second kappa shape index (κ2) is 4.86. The molecule has 1 aromatic rings. The van der Waals surface area contributed by atoms with E-state index in [1.54, 1.807) is 0 Å². The molecular weight excluding hydrogens is 266 g/mol. The van der Waals surface area contributed by atoms with E-state index in [4.69, 9.17) is 5.26 Å². The van der Waals surface area contributed by atoms with Gasteiger partial charge in [-0.15, -0.1) is 0 Å². The van der Waals surface area contributed by atoms with Gasteiger partial charge >= 0.3 is 0 Å². The van der Waals surface area contributed by atoms with Crippen molar-refractivity contribution in [3.8, 4) is 6.07 Å². The minimum Gasteiger partial charge on any atom is -0.380 e. The molecule has 0 amide bonds. The molecule has 0 radical (unpaired) electrons. The molecule has 0 aromatic heterocycles. The molecule has 2 rings (SSSR count). The van der Waals surface area contributed by atoms with E-state index in [9.17, 15) is 0 Å². The van der Waals surface area contributed by atoms with Crippen molar-refractivity contribution in [2.75, 3.05) is 25.5 Å². The summed E-state index contributed by atoms with van der Waals surface area (Å²) in [5.74, 6) is 0. The molecule has 1 N–H and O–H groups in total. The van der Waals surface area contributed by atoms with Gasteiger partial charge in [-0.05, 0) is 54.1 Å². The summed E-state index contributed by atoms with van der Waals surface area (Å²) in [6.45, 7) is 2.22. The number of rotatable bonds is 2. The van der Waals surface area contributed by atoms with E-state index in [0.717, 1.165) is 23.2 Å². The first-order valence-corrected chi connectivity index (χ1v) is 6.13. The average Bonchev–Trinajstić information content (AvgIpc) is 2.67. The van der Waals surface area contributed by atoms with Crippen molar-refractivity contribution in [3.05, 3.63) is 28.2 Å². The zero-order chi connectivity index (χ0) is 11.5. The van der Waals surface area contributed by atoms with E-state index >= 15 is 0 Å². The van der Waals surface area contributed by atoms with Crippen molar-refractivity contribution in [2.45, 2.75) is 12.5 Å². The fraction of sp³-hybridized carbons (Fsp3) is 0.417. The fourth-order valence-corrected chi connectivity index (χ4v) is 2.47. The summed E-state index contributed by atoms with van der Waals surface area (Å²) in [5, 5.41) is 12.3. The molecule has 1 saturated heterocycles. The van der Waals surface area contributed by atoms with Crippen LogP contribution in [0.5, 0.6) is 0 Å². The highest BCUT2D eigenvalue weighted by Crippen LogP contribution is 2.25. The van der Waals surface area contributed by atoms with Crippen molar-refractivity contribution in [1.82, 2.24) is 4.90 Å². The van der Waals surface area contributed by atoms with Gasteiger partial charge < -0.3 is 10.2 Å². The third kappa shape index (κ3) is 2.55. The van der Waals surface area contributed by atoms with Crippen LogP contribution in [-0.4, -0.2) is 31.1 Å². The summed E-state index contributed by atoms with van der Waals surface area (Å²) in [6, 6.07) is 8.28. The van der Waals surface area contributed by atoms with Crippen molar-refractivity contribution in [3.63, 3.8) is 0 Å². The number of likely N-dealkylation sites (N-methyl/N-ethyl adjacent to an activating group) is 1. The van der Waals surface area contributed by atoms with Crippen molar-refractivity contribution in [1.29, 1.82) is 5.26 Å². The van der Waals surface area contributed by atoms with Crippen LogP contribution >= 0.6 is 15.9 Å². The second-order valence-electron chi connectivity index (χ2n) is 4.20. The van der Waals surface area contributed by atoms with Crippen LogP contribution in [0, 0.1) is 11.3 Å². The molecular formula is C12H14BrN3. The third-order valence-corrected chi connectivity index (χ3v) is 3.51. The van der Waals surface area contributed by atoms with Crippen molar-refractivity contribution < 1.29 is 0 Å². The molecule has 84 valence electrons. The Labute approximate surface area is 104 Å². The standard InChI is InChI=1S/C12H14BrN3/c1-16-5-4-10(8-16)15-12-3-2-9(7-14)6-11(12)13/h2-3,6,10,15H,4-5,8H2,1H3. The Bertz CT molecular complexity index is 425. The molecule has 3 nitrogen and oxygen atoms in total. The number of nitriles is 1. The fourth-order valence-electron chi connectivity index (χ4n) is 1.97. The van der Waals surface area contributed by atoms with Crippen LogP contribution in [-0.2, 0) is 0 Å². The third-order valence-electron chi connectivity index (χ3n) is 2.85. The first-order chi connectivity index (χ1) is 7.69. The molecule has 1 aromatic carbocycles. The van der Waals surface area contributed by atoms with Crippen LogP contribution in [0.25, 0.3) is 0 Å².